The number of likely N-dealkylation sites (tertiary alicyclic amines) is 2. The molecule has 2 heterocycles. The molecule has 3 N–H and O–H groups in total. The number of nitrogens with zero attached hydrogens (tertiary/aromatic N) is 3. The van der Waals surface area contributed by atoms with Gasteiger partial charge in [0.2, 0.25) is 0 Å². The number of urea groups is 1. The lowest BCUT2D eigenvalue weighted by atomic mass is 9.94. The van der Waals surface area contributed by atoms with Gasteiger partial charge in [-0.3, -0.25) is 4.79 Å². The molecule has 2 aliphatic heterocycles. The van der Waals surface area contributed by atoms with Crippen LogP contribution in [0.1, 0.15) is 29.6 Å². The fourth-order valence-electron chi connectivity index (χ4n) is 4.67. The van der Waals surface area contributed by atoms with Gasteiger partial charge in [-0.05, 0) is 31.2 Å². The molecule has 2 saturated heterocycles. The topological polar surface area (TPSA) is 100 Å². The van der Waals surface area contributed by atoms with E-state index in [1.807, 2.05) is 4.90 Å². The summed E-state index contributed by atoms with van der Waals surface area (Å²) in [5.74, 6) is 0.688. The van der Waals surface area contributed by atoms with Crippen molar-refractivity contribution in [2.75, 3.05) is 66.8 Å². The minimum Gasteiger partial charge on any atom is -0.496 e. The van der Waals surface area contributed by atoms with Gasteiger partial charge in [0.05, 0.1) is 35.5 Å². The van der Waals surface area contributed by atoms with Crippen molar-refractivity contribution in [3.05, 3.63) is 22.7 Å². The number of carbonyl (C=O) groups excluding carboxylic acids is 2. The fourth-order valence-corrected chi connectivity index (χ4v) is 4.83. The van der Waals surface area contributed by atoms with Gasteiger partial charge in [-0.15, -0.1) is 0 Å². The Morgan fingerprint density at radius 2 is 1.88 bits per heavy atom. The van der Waals surface area contributed by atoms with Crippen LogP contribution >= 0.6 is 11.6 Å². The summed E-state index contributed by atoms with van der Waals surface area (Å²) in [5, 5.41) is 3.41. The first-order valence-electron chi connectivity index (χ1n) is 11.4. The van der Waals surface area contributed by atoms with E-state index in [1.54, 1.807) is 32.2 Å². The van der Waals surface area contributed by atoms with Gasteiger partial charge in [0.15, 0.2) is 0 Å². The van der Waals surface area contributed by atoms with Crippen LogP contribution in [0.2, 0.25) is 5.02 Å². The Hall–Kier alpha value is -2.23. The Kier molecular flexibility index (Phi) is 8.67. The van der Waals surface area contributed by atoms with Crippen LogP contribution in [-0.2, 0) is 4.74 Å². The van der Waals surface area contributed by atoms with E-state index in [9.17, 15) is 9.59 Å². The summed E-state index contributed by atoms with van der Waals surface area (Å²) >= 11 is 6.12. The zero-order chi connectivity index (χ0) is 24.1. The van der Waals surface area contributed by atoms with Gasteiger partial charge >= 0.3 is 6.03 Å². The highest BCUT2D eigenvalue weighted by atomic mass is 35.5. The molecular formula is C23H36ClN5O4. The first kappa shape index (κ1) is 25.4. The lowest BCUT2D eigenvalue weighted by Crippen LogP contribution is -2.56. The highest BCUT2D eigenvalue weighted by molar-refractivity contribution is 6.33. The summed E-state index contributed by atoms with van der Waals surface area (Å²) < 4.78 is 11.1. The number of halogens is 1. The number of nitrogen functional groups attached to an aromatic ring is 1. The largest absolute Gasteiger partial charge is 0.496 e. The van der Waals surface area contributed by atoms with Gasteiger partial charge in [-0.2, -0.15) is 0 Å². The Labute approximate surface area is 201 Å². The predicted molar refractivity (Wildman–Crippen MR) is 129 cm³/mol. The summed E-state index contributed by atoms with van der Waals surface area (Å²) in [6.45, 7) is 4.20. The van der Waals surface area contributed by atoms with Crippen LogP contribution in [0.4, 0.5) is 10.5 Å². The Balaban J connectivity index is 1.53. The summed E-state index contributed by atoms with van der Waals surface area (Å²) in [4.78, 5) is 31.1. The van der Waals surface area contributed by atoms with Gasteiger partial charge in [0.25, 0.3) is 5.91 Å². The average Bonchev–Trinajstić information content (AvgIpc) is 2.81. The van der Waals surface area contributed by atoms with Crippen LogP contribution in [-0.4, -0.2) is 99.8 Å². The number of anilines is 1. The van der Waals surface area contributed by atoms with Crippen molar-refractivity contribution >= 4 is 29.2 Å². The molecule has 0 bridgehead atoms. The Bertz CT molecular complexity index is 844. The summed E-state index contributed by atoms with van der Waals surface area (Å²) in [6.07, 6.45) is 2.68. The zero-order valence-corrected chi connectivity index (χ0v) is 20.7. The standard InChI is InChI=1S/C23H36ClN5O4/c1-27(2)23(31)29-9-5-15(6-10-29)13-28-8-7-19(21(14-28)33-4)26-22(30)16-11-17(24)18(25)12-20(16)32-3/h11-12,15,19,21H,5-10,13-14,25H2,1-4H3,(H,26,30)/t19-,21+/m1/s1. The molecule has 9 nitrogen and oxygen atoms in total. The number of methoxy groups -OCH3 is 2. The molecule has 0 unspecified atom stereocenters. The number of hydrogen-bond acceptors (Lipinski definition) is 6. The molecule has 0 aliphatic carbocycles. The van der Waals surface area contributed by atoms with Crippen LogP contribution in [0.15, 0.2) is 12.1 Å². The predicted octanol–water partition coefficient (Wildman–Crippen LogP) is 2.14. The monoisotopic (exact) mass is 481 g/mol. The molecule has 1 aromatic carbocycles. The molecule has 3 amide bonds. The number of hydrogen-bond donors (Lipinski definition) is 2. The van der Waals surface area contributed by atoms with Gasteiger partial charge in [-0.25, -0.2) is 4.79 Å². The number of amides is 3. The zero-order valence-electron chi connectivity index (χ0n) is 20.0. The molecule has 0 saturated carbocycles. The molecule has 2 aliphatic rings. The van der Waals surface area contributed by atoms with E-state index in [1.165, 1.54) is 13.2 Å². The van der Waals surface area contributed by atoms with Gasteiger partial charge in [0, 0.05) is 60.0 Å². The van der Waals surface area contributed by atoms with Crippen molar-refractivity contribution in [1.82, 2.24) is 20.0 Å². The third-order valence-corrected chi connectivity index (χ3v) is 6.94. The summed E-state index contributed by atoms with van der Waals surface area (Å²) in [7, 11) is 6.76. The number of rotatable bonds is 6. The second kappa shape index (κ2) is 11.3. The van der Waals surface area contributed by atoms with Crippen molar-refractivity contribution in [3.63, 3.8) is 0 Å². The van der Waals surface area contributed by atoms with Crippen molar-refractivity contribution in [2.45, 2.75) is 31.4 Å². The van der Waals surface area contributed by atoms with E-state index in [0.717, 1.165) is 52.0 Å². The number of benzene rings is 1. The van der Waals surface area contributed by atoms with Gasteiger partial charge in [0.1, 0.15) is 5.75 Å². The summed E-state index contributed by atoms with van der Waals surface area (Å²) in [5.41, 5.74) is 6.55. The number of carbonyl (C=O) groups is 2. The number of piperidine rings is 2. The number of nitrogens with one attached hydrogen (secondary N) is 1. The van der Waals surface area contributed by atoms with Crippen molar-refractivity contribution in [2.24, 2.45) is 5.92 Å². The minimum absolute atomic E-state index is 0.0865. The molecule has 3 rings (SSSR count). The van der Waals surface area contributed by atoms with E-state index in [4.69, 9.17) is 26.8 Å². The van der Waals surface area contributed by atoms with Crippen LogP contribution in [0.25, 0.3) is 0 Å². The van der Waals surface area contributed by atoms with E-state index in [2.05, 4.69) is 10.2 Å². The highest BCUT2D eigenvalue weighted by Gasteiger charge is 2.33. The molecule has 0 aromatic heterocycles. The molecule has 0 spiro atoms. The maximum absolute atomic E-state index is 13.0. The van der Waals surface area contributed by atoms with Crippen molar-refractivity contribution in [3.8, 4) is 5.75 Å². The molecular weight excluding hydrogens is 446 g/mol. The van der Waals surface area contributed by atoms with Gasteiger partial charge < -0.3 is 35.2 Å². The Morgan fingerprint density at radius 1 is 1.18 bits per heavy atom. The second-order valence-corrected chi connectivity index (χ2v) is 9.49. The first-order valence-corrected chi connectivity index (χ1v) is 11.8. The molecule has 1 aromatic rings. The quantitative estimate of drug-likeness (QED) is 0.604. The van der Waals surface area contributed by atoms with Crippen LogP contribution < -0.4 is 15.8 Å². The lowest BCUT2D eigenvalue weighted by Gasteiger charge is -2.41. The SMILES string of the molecule is COc1cc(N)c(Cl)cc1C(=O)N[C@@H]1CCN(CC2CCN(C(=O)N(C)C)CC2)C[C@@H]1OC. The molecule has 0 radical (unpaired) electrons. The van der Waals surface area contributed by atoms with Crippen LogP contribution in [0, 0.1) is 5.92 Å². The maximum Gasteiger partial charge on any atom is 0.319 e. The molecule has 33 heavy (non-hydrogen) atoms. The van der Waals surface area contributed by atoms with E-state index in [0.29, 0.717) is 27.9 Å². The summed E-state index contributed by atoms with van der Waals surface area (Å²) in [6, 6.07) is 3.07. The molecule has 184 valence electrons. The van der Waals surface area contributed by atoms with Crippen LogP contribution in [0.3, 0.4) is 0 Å². The number of nitrogens with two attached hydrogens (primary N) is 1. The van der Waals surface area contributed by atoms with Gasteiger partial charge in [-0.1, -0.05) is 11.6 Å². The third-order valence-electron chi connectivity index (χ3n) is 6.61. The smallest absolute Gasteiger partial charge is 0.319 e. The van der Waals surface area contributed by atoms with E-state index >= 15 is 0 Å². The van der Waals surface area contributed by atoms with E-state index < -0.39 is 0 Å². The normalized spacial score (nSPS) is 22.2. The van der Waals surface area contributed by atoms with Crippen LogP contribution in [0.5, 0.6) is 5.75 Å². The molecule has 2 fully saturated rings. The van der Waals surface area contributed by atoms with Crippen molar-refractivity contribution in [1.29, 1.82) is 0 Å². The maximum atomic E-state index is 13.0. The minimum atomic E-state index is -0.257. The lowest BCUT2D eigenvalue weighted by molar-refractivity contribution is -0.000793. The second-order valence-electron chi connectivity index (χ2n) is 9.08. The van der Waals surface area contributed by atoms with Crippen molar-refractivity contribution < 1.29 is 19.1 Å². The average molecular weight is 482 g/mol. The number of ether oxygens (including phenoxy) is 2. The highest BCUT2D eigenvalue weighted by Crippen LogP contribution is 2.29. The fraction of sp³-hybridized carbons (Fsp3) is 0.652. The third kappa shape index (κ3) is 6.22. The first-order chi connectivity index (χ1) is 15.7. The molecule has 10 heteroatoms. The molecule has 2 atom stereocenters. The van der Waals surface area contributed by atoms with E-state index in [-0.39, 0.29) is 24.1 Å². The Morgan fingerprint density at radius 3 is 2.48 bits per heavy atom.